The third kappa shape index (κ3) is 3.69. The molecule has 0 radical (unpaired) electrons. The van der Waals surface area contributed by atoms with Crippen LogP contribution in [-0.2, 0) is 4.79 Å². The Morgan fingerprint density at radius 1 is 1.24 bits per heavy atom. The lowest BCUT2D eigenvalue weighted by molar-refractivity contribution is -0.133. The van der Waals surface area contributed by atoms with Crippen LogP contribution in [0.15, 0.2) is 18.2 Å². The Morgan fingerprint density at radius 3 is 2.43 bits per heavy atom. The number of piperazine rings is 1. The summed E-state index contributed by atoms with van der Waals surface area (Å²) in [5.41, 5.74) is 8.32. The Labute approximate surface area is 131 Å². The van der Waals surface area contributed by atoms with Gasteiger partial charge in [0.1, 0.15) is 0 Å². The van der Waals surface area contributed by atoms with Crippen molar-refractivity contribution in [2.24, 2.45) is 11.7 Å². The second kappa shape index (κ2) is 6.67. The first-order valence-electron chi connectivity index (χ1n) is 7.45. The fourth-order valence-corrected chi connectivity index (χ4v) is 2.75. The fourth-order valence-electron chi connectivity index (χ4n) is 2.59. The minimum Gasteiger partial charge on any atom is -0.368 e. The second-order valence-electron chi connectivity index (χ2n) is 6.01. The molecule has 5 heteroatoms. The number of nitrogens with zero attached hydrogens (tertiary/aromatic N) is 2. The van der Waals surface area contributed by atoms with Gasteiger partial charge < -0.3 is 15.5 Å². The van der Waals surface area contributed by atoms with E-state index in [4.69, 9.17) is 17.3 Å². The van der Waals surface area contributed by atoms with Crippen molar-refractivity contribution in [2.45, 2.75) is 26.8 Å². The molecule has 1 heterocycles. The maximum atomic E-state index is 12.3. The number of nitrogens with two attached hydrogens (primary N) is 1. The van der Waals surface area contributed by atoms with Crippen molar-refractivity contribution < 1.29 is 4.79 Å². The molecule has 0 saturated carbocycles. The zero-order valence-electron chi connectivity index (χ0n) is 13.0. The molecule has 21 heavy (non-hydrogen) atoms. The van der Waals surface area contributed by atoms with Gasteiger partial charge in [-0.05, 0) is 30.5 Å². The summed E-state index contributed by atoms with van der Waals surface area (Å²) in [4.78, 5) is 16.4. The Bertz CT molecular complexity index is 510. The molecule has 2 N–H and O–H groups in total. The average molecular weight is 310 g/mol. The summed E-state index contributed by atoms with van der Waals surface area (Å²) < 4.78 is 0. The molecule has 0 spiro atoms. The fraction of sp³-hybridized carbons (Fsp3) is 0.562. The molecular formula is C16H24ClN3O. The van der Waals surface area contributed by atoms with Crippen molar-refractivity contribution >= 4 is 23.2 Å². The van der Waals surface area contributed by atoms with Gasteiger partial charge in [-0.25, -0.2) is 0 Å². The summed E-state index contributed by atoms with van der Waals surface area (Å²) >= 11 is 6.08. The molecule has 1 amide bonds. The van der Waals surface area contributed by atoms with Gasteiger partial charge in [0, 0.05) is 36.9 Å². The molecule has 4 nitrogen and oxygen atoms in total. The van der Waals surface area contributed by atoms with Crippen LogP contribution in [0.5, 0.6) is 0 Å². The summed E-state index contributed by atoms with van der Waals surface area (Å²) in [6, 6.07) is 5.53. The molecule has 1 atom stereocenters. The Morgan fingerprint density at radius 2 is 1.86 bits per heavy atom. The van der Waals surface area contributed by atoms with Crippen molar-refractivity contribution in [3.8, 4) is 0 Å². The summed E-state index contributed by atoms with van der Waals surface area (Å²) in [6.45, 7) is 9.10. The first-order chi connectivity index (χ1) is 9.90. The van der Waals surface area contributed by atoms with E-state index >= 15 is 0 Å². The van der Waals surface area contributed by atoms with E-state index in [1.165, 1.54) is 5.56 Å². The van der Waals surface area contributed by atoms with Gasteiger partial charge in [-0.2, -0.15) is 0 Å². The molecule has 0 aliphatic carbocycles. The first kappa shape index (κ1) is 16.1. The van der Waals surface area contributed by atoms with Gasteiger partial charge in [0.2, 0.25) is 5.91 Å². The molecule has 0 aromatic heterocycles. The van der Waals surface area contributed by atoms with E-state index in [-0.39, 0.29) is 11.8 Å². The summed E-state index contributed by atoms with van der Waals surface area (Å²) in [5, 5.41) is 0.746. The predicted octanol–water partition coefficient (Wildman–Crippen LogP) is 2.28. The number of carbonyl (C=O) groups excluding carboxylic acids is 1. The number of benzene rings is 1. The van der Waals surface area contributed by atoms with Crippen LogP contribution >= 0.6 is 11.6 Å². The summed E-state index contributed by atoms with van der Waals surface area (Å²) in [6.07, 6.45) is 0. The number of amides is 1. The SMILES string of the molecule is Cc1ccc(Cl)cc1N1CCN(C(=O)[C@@H](N)C(C)C)CC1. The van der Waals surface area contributed by atoms with Gasteiger partial charge in [-0.1, -0.05) is 31.5 Å². The van der Waals surface area contributed by atoms with Crippen LogP contribution in [-0.4, -0.2) is 43.0 Å². The average Bonchev–Trinajstić information content (AvgIpc) is 2.48. The van der Waals surface area contributed by atoms with Crippen LogP contribution < -0.4 is 10.6 Å². The zero-order valence-corrected chi connectivity index (χ0v) is 13.7. The third-order valence-corrected chi connectivity index (χ3v) is 4.34. The first-order valence-corrected chi connectivity index (χ1v) is 7.83. The van der Waals surface area contributed by atoms with Gasteiger partial charge in [0.15, 0.2) is 0 Å². The highest BCUT2D eigenvalue weighted by atomic mass is 35.5. The van der Waals surface area contributed by atoms with E-state index in [2.05, 4.69) is 11.8 Å². The van der Waals surface area contributed by atoms with E-state index in [0.29, 0.717) is 13.1 Å². The maximum absolute atomic E-state index is 12.3. The largest absolute Gasteiger partial charge is 0.368 e. The Balaban J connectivity index is 2.00. The van der Waals surface area contributed by atoms with Crippen LogP contribution in [0.1, 0.15) is 19.4 Å². The van der Waals surface area contributed by atoms with Crippen molar-refractivity contribution in [1.29, 1.82) is 0 Å². The van der Waals surface area contributed by atoms with Crippen LogP contribution in [0.4, 0.5) is 5.69 Å². The number of anilines is 1. The highest BCUT2D eigenvalue weighted by molar-refractivity contribution is 6.30. The van der Waals surface area contributed by atoms with Gasteiger partial charge in [-0.15, -0.1) is 0 Å². The van der Waals surface area contributed by atoms with Crippen molar-refractivity contribution in [3.05, 3.63) is 28.8 Å². The highest BCUT2D eigenvalue weighted by Crippen LogP contribution is 2.25. The monoisotopic (exact) mass is 309 g/mol. The Kier molecular flexibility index (Phi) is 5.12. The van der Waals surface area contributed by atoms with Gasteiger partial charge >= 0.3 is 0 Å². The van der Waals surface area contributed by atoms with E-state index in [1.807, 2.05) is 36.9 Å². The van der Waals surface area contributed by atoms with E-state index in [9.17, 15) is 4.79 Å². The lowest BCUT2D eigenvalue weighted by Crippen LogP contribution is -2.54. The molecule has 116 valence electrons. The van der Waals surface area contributed by atoms with E-state index < -0.39 is 6.04 Å². The normalized spacial score (nSPS) is 17.2. The smallest absolute Gasteiger partial charge is 0.239 e. The number of hydrogen-bond acceptors (Lipinski definition) is 3. The second-order valence-corrected chi connectivity index (χ2v) is 6.45. The number of hydrogen-bond donors (Lipinski definition) is 1. The molecule has 1 saturated heterocycles. The Hall–Kier alpha value is -1.26. The van der Waals surface area contributed by atoms with E-state index in [0.717, 1.165) is 23.8 Å². The van der Waals surface area contributed by atoms with Crippen molar-refractivity contribution in [3.63, 3.8) is 0 Å². The maximum Gasteiger partial charge on any atom is 0.239 e. The molecule has 1 fully saturated rings. The van der Waals surface area contributed by atoms with Crippen LogP contribution in [0.3, 0.4) is 0 Å². The summed E-state index contributed by atoms with van der Waals surface area (Å²) in [5.74, 6) is 0.234. The molecule has 0 unspecified atom stereocenters. The predicted molar refractivity (Wildman–Crippen MR) is 87.8 cm³/mol. The minimum absolute atomic E-state index is 0.0625. The molecule has 1 aliphatic rings. The quantitative estimate of drug-likeness (QED) is 0.932. The number of rotatable bonds is 3. The third-order valence-electron chi connectivity index (χ3n) is 4.11. The topological polar surface area (TPSA) is 49.6 Å². The molecule has 1 aromatic carbocycles. The van der Waals surface area contributed by atoms with Gasteiger partial charge in [0.05, 0.1) is 6.04 Å². The van der Waals surface area contributed by atoms with Crippen LogP contribution in [0.25, 0.3) is 0 Å². The molecule has 1 aromatic rings. The lowest BCUT2D eigenvalue weighted by Gasteiger charge is -2.38. The molecule has 2 rings (SSSR count). The van der Waals surface area contributed by atoms with E-state index in [1.54, 1.807) is 0 Å². The van der Waals surface area contributed by atoms with Gasteiger partial charge in [-0.3, -0.25) is 4.79 Å². The molecule has 1 aliphatic heterocycles. The lowest BCUT2D eigenvalue weighted by atomic mass is 10.0. The number of aryl methyl sites for hydroxylation is 1. The highest BCUT2D eigenvalue weighted by Gasteiger charge is 2.27. The number of carbonyl (C=O) groups is 1. The minimum atomic E-state index is -0.399. The van der Waals surface area contributed by atoms with Crippen molar-refractivity contribution in [2.75, 3.05) is 31.1 Å². The zero-order chi connectivity index (χ0) is 15.6. The van der Waals surface area contributed by atoms with Crippen molar-refractivity contribution in [1.82, 2.24) is 4.90 Å². The standard InChI is InChI=1S/C16H24ClN3O/c1-11(2)15(18)16(21)20-8-6-19(7-9-20)14-10-13(17)5-4-12(14)3/h4-5,10-11,15H,6-9,18H2,1-3H3/t15-/m0/s1. The molecule has 0 bridgehead atoms. The molecular weight excluding hydrogens is 286 g/mol. The summed E-state index contributed by atoms with van der Waals surface area (Å²) in [7, 11) is 0. The van der Waals surface area contributed by atoms with Crippen LogP contribution in [0.2, 0.25) is 5.02 Å². The van der Waals surface area contributed by atoms with Crippen LogP contribution in [0, 0.1) is 12.8 Å². The van der Waals surface area contributed by atoms with Gasteiger partial charge in [0.25, 0.3) is 0 Å². The number of halogens is 1.